The summed E-state index contributed by atoms with van der Waals surface area (Å²) in [6, 6.07) is 3.51. The Morgan fingerprint density at radius 2 is 1.90 bits per heavy atom. The Bertz CT molecular complexity index is 463. The zero-order valence-electron chi connectivity index (χ0n) is 12.5. The molecule has 1 amide bonds. The van der Waals surface area contributed by atoms with Gasteiger partial charge in [0.05, 0.1) is 32.1 Å². The summed E-state index contributed by atoms with van der Waals surface area (Å²) in [5.74, 6) is 1.10. The van der Waals surface area contributed by atoms with Crippen LogP contribution in [0.3, 0.4) is 0 Å². The number of likely N-dealkylation sites (N-methyl/N-ethyl adjacent to an activating group) is 1. The second-order valence-electron chi connectivity index (χ2n) is 4.36. The number of methoxy groups -OCH3 is 2. The number of hydrogen-bond acceptors (Lipinski definition) is 5. The first-order valence-corrected chi connectivity index (χ1v) is 6.54. The molecular formula is C14H23N3O3. The second kappa shape index (κ2) is 7.47. The minimum absolute atomic E-state index is 0.0624. The molecule has 0 atom stereocenters. The molecule has 1 aromatic rings. The van der Waals surface area contributed by atoms with Gasteiger partial charge >= 0.3 is 0 Å². The smallest absolute Gasteiger partial charge is 0.239 e. The van der Waals surface area contributed by atoms with Gasteiger partial charge in [-0.1, -0.05) is 6.92 Å². The highest BCUT2D eigenvalue weighted by Gasteiger charge is 2.16. The van der Waals surface area contributed by atoms with Gasteiger partial charge in [0.15, 0.2) is 11.5 Å². The molecule has 20 heavy (non-hydrogen) atoms. The predicted octanol–water partition coefficient (Wildman–Crippen LogP) is 1.25. The Balaban J connectivity index is 3.15. The average molecular weight is 281 g/mol. The number of benzene rings is 1. The van der Waals surface area contributed by atoms with Crippen LogP contribution >= 0.6 is 0 Å². The van der Waals surface area contributed by atoms with Crippen LogP contribution in [0, 0.1) is 0 Å². The number of nitrogen functional groups attached to an aromatic ring is 1. The van der Waals surface area contributed by atoms with Gasteiger partial charge in [0, 0.05) is 25.7 Å². The number of carbonyl (C=O) groups is 1. The normalized spacial score (nSPS) is 10.0. The number of rotatable bonds is 7. The molecule has 0 heterocycles. The molecule has 0 bridgehead atoms. The Morgan fingerprint density at radius 3 is 2.40 bits per heavy atom. The van der Waals surface area contributed by atoms with Gasteiger partial charge in [-0.15, -0.1) is 0 Å². The molecule has 1 rings (SSSR count). The van der Waals surface area contributed by atoms with E-state index >= 15 is 0 Å². The summed E-state index contributed by atoms with van der Waals surface area (Å²) in [5, 5.41) is 2.62. The number of amides is 1. The predicted molar refractivity (Wildman–Crippen MR) is 80.5 cm³/mol. The highest BCUT2D eigenvalue weighted by atomic mass is 16.5. The van der Waals surface area contributed by atoms with Crippen molar-refractivity contribution in [1.29, 1.82) is 0 Å². The summed E-state index contributed by atoms with van der Waals surface area (Å²) >= 11 is 0. The number of nitrogens with zero attached hydrogens (tertiary/aromatic N) is 1. The van der Waals surface area contributed by atoms with Crippen LogP contribution in [0.25, 0.3) is 0 Å². The van der Waals surface area contributed by atoms with Gasteiger partial charge in [-0.05, 0) is 6.42 Å². The summed E-state index contributed by atoms with van der Waals surface area (Å²) in [4.78, 5) is 13.5. The first-order valence-electron chi connectivity index (χ1n) is 6.54. The van der Waals surface area contributed by atoms with Gasteiger partial charge in [0.2, 0.25) is 5.91 Å². The van der Waals surface area contributed by atoms with Crippen molar-refractivity contribution in [3.8, 4) is 11.5 Å². The largest absolute Gasteiger partial charge is 0.493 e. The third kappa shape index (κ3) is 3.69. The lowest BCUT2D eigenvalue weighted by Crippen LogP contribution is -2.36. The molecule has 0 aliphatic heterocycles. The van der Waals surface area contributed by atoms with Crippen molar-refractivity contribution in [1.82, 2.24) is 5.32 Å². The van der Waals surface area contributed by atoms with Crippen molar-refractivity contribution in [3.63, 3.8) is 0 Å². The van der Waals surface area contributed by atoms with E-state index in [4.69, 9.17) is 15.2 Å². The van der Waals surface area contributed by atoms with Gasteiger partial charge in [0.25, 0.3) is 0 Å². The zero-order chi connectivity index (χ0) is 15.1. The first kappa shape index (κ1) is 15.9. The summed E-state index contributed by atoms with van der Waals surface area (Å²) in [5.41, 5.74) is 7.39. The van der Waals surface area contributed by atoms with E-state index in [1.807, 2.05) is 11.8 Å². The van der Waals surface area contributed by atoms with E-state index in [0.717, 1.165) is 18.7 Å². The highest BCUT2D eigenvalue weighted by molar-refractivity contribution is 5.83. The first-order chi connectivity index (χ1) is 9.57. The Morgan fingerprint density at radius 1 is 1.30 bits per heavy atom. The van der Waals surface area contributed by atoms with E-state index in [1.165, 1.54) is 0 Å². The van der Waals surface area contributed by atoms with E-state index in [-0.39, 0.29) is 12.5 Å². The maximum absolute atomic E-state index is 11.6. The van der Waals surface area contributed by atoms with Crippen molar-refractivity contribution >= 4 is 17.3 Å². The number of carbonyl (C=O) groups excluding carboxylic acids is 1. The Hall–Kier alpha value is -2.11. The Kier molecular flexibility index (Phi) is 5.96. The summed E-state index contributed by atoms with van der Waals surface area (Å²) in [6.07, 6.45) is 0.908. The van der Waals surface area contributed by atoms with Gasteiger partial charge < -0.3 is 25.4 Å². The lowest BCUT2D eigenvalue weighted by Gasteiger charge is -2.26. The van der Waals surface area contributed by atoms with Crippen molar-refractivity contribution in [3.05, 3.63) is 12.1 Å². The summed E-state index contributed by atoms with van der Waals surface area (Å²) < 4.78 is 10.5. The second-order valence-corrected chi connectivity index (χ2v) is 4.36. The maximum Gasteiger partial charge on any atom is 0.239 e. The van der Waals surface area contributed by atoms with E-state index in [0.29, 0.717) is 17.2 Å². The lowest BCUT2D eigenvalue weighted by atomic mass is 10.2. The van der Waals surface area contributed by atoms with Crippen molar-refractivity contribution in [2.75, 3.05) is 45.0 Å². The minimum atomic E-state index is -0.0624. The van der Waals surface area contributed by atoms with Crippen LogP contribution in [0.4, 0.5) is 11.4 Å². The fourth-order valence-electron chi connectivity index (χ4n) is 1.96. The molecule has 0 aliphatic rings. The van der Waals surface area contributed by atoms with Crippen LogP contribution in [-0.4, -0.2) is 40.3 Å². The van der Waals surface area contributed by atoms with E-state index in [2.05, 4.69) is 5.32 Å². The monoisotopic (exact) mass is 281 g/mol. The molecule has 6 heteroatoms. The van der Waals surface area contributed by atoms with Gasteiger partial charge in [-0.25, -0.2) is 0 Å². The van der Waals surface area contributed by atoms with Crippen LogP contribution in [-0.2, 0) is 4.79 Å². The van der Waals surface area contributed by atoms with Crippen LogP contribution in [0.1, 0.15) is 13.3 Å². The van der Waals surface area contributed by atoms with Crippen LogP contribution in [0.2, 0.25) is 0 Å². The number of anilines is 2. The van der Waals surface area contributed by atoms with Crippen molar-refractivity contribution in [2.24, 2.45) is 0 Å². The van der Waals surface area contributed by atoms with E-state index in [9.17, 15) is 4.79 Å². The van der Waals surface area contributed by atoms with Gasteiger partial charge in [-0.3, -0.25) is 4.79 Å². The van der Waals surface area contributed by atoms with Crippen LogP contribution < -0.4 is 25.4 Å². The molecule has 0 radical (unpaired) electrons. The van der Waals surface area contributed by atoms with Crippen LogP contribution in [0.15, 0.2) is 12.1 Å². The average Bonchev–Trinajstić information content (AvgIpc) is 2.46. The number of hydrogen-bond donors (Lipinski definition) is 2. The standard InChI is InChI=1S/C14H23N3O3/c1-5-6-17(9-14(18)16-2)11-8-13(20-4)12(19-3)7-10(11)15/h7-8H,5-6,9,15H2,1-4H3,(H,16,18). The third-order valence-electron chi connectivity index (χ3n) is 2.98. The quantitative estimate of drug-likeness (QED) is 0.736. The third-order valence-corrected chi connectivity index (χ3v) is 2.98. The molecule has 0 saturated heterocycles. The molecule has 0 saturated carbocycles. The maximum atomic E-state index is 11.6. The van der Waals surface area contributed by atoms with Crippen LogP contribution in [0.5, 0.6) is 11.5 Å². The van der Waals surface area contributed by atoms with Crippen molar-refractivity contribution in [2.45, 2.75) is 13.3 Å². The number of ether oxygens (including phenoxy) is 2. The fourth-order valence-corrected chi connectivity index (χ4v) is 1.96. The molecule has 0 spiro atoms. The zero-order valence-corrected chi connectivity index (χ0v) is 12.5. The number of nitrogens with one attached hydrogen (secondary N) is 1. The molecule has 0 fully saturated rings. The molecular weight excluding hydrogens is 258 g/mol. The molecule has 112 valence electrons. The molecule has 0 unspecified atom stereocenters. The van der Waals surface area contributed by atoms with Gasteiger partial charge in [-0.2, -0.15) is 0 Å². The van der Waals surface area contributed by atoms with E-state index < -0.39 is 0 Å². The molecule has 1 aromatic carbocycles. The lowest BCUT2D eigenvalue weighted by molar-refractivity contribution is -0.119. The summed E-state index contributed by atoms with van der Waals surface area (Å²) in [6.45, 7) is 3.03. The topological polar surface area (TPSA) is 76.8 Å². The molecule has 6 nitrogen and oxygen atoms in total. The molecule has 3 N–H and O–H groups in total. The highest BCUT2D eigenvalue weighted by Crippen LogP contribution is 2.36. The fraction of sp³-hybridized carbons (Fsp3) is 0.500. The number of nitrogens with two attached hydrogens (primary N) is 1. The SMILES string of the molecule is CCCN(CC(=O)NC)c1cc(OC)c(OC)cc1N. The van der Waals surface area contributed by atoms with Crippen molar-refractivity contribution < 1.29 is 14.3 Å². The Labute approximate surface area is 119 Å². The molecule has 0 aromatic heterocycles. The minimum Gasteiger partial charge on any atom is -0.493 e. The molecule has 0 aliphatic carbocycles. The van der Waals surface area contributed by atoms with E-state index in [1.54, 1.807) is 33.4 Å². The summed E-state index contributed by atoms with van der Waals surface area (Å²) in [7, 11) is 4.75. The van der Waals surface area contributed by atoms with Gasteiger partial charge in [0.1, 0.15) is 0 Å².